The number of hydrogen-bond donors (Lipinski definition) is 1. The van der Waals surface area contributed by atoms with Crippen LogP contribution in [0.1, 0.15) is 39.5 Å². The number of nitrogens with zero attached hydrogens (tertiary/aromatic N) is 1. The molecule has 1 unspecified atom stereocenters. The second-order valence-corrected chi connectivity index (χ2v) is 3.82. The maximum absolute atomic E-state index is 5.87. The van der Waals surface area contributed by atoms with Crippen LogP contribution < -0.4 is 5.73 Å². The Bertz CT molecular complexity index is 121. The van der Waals surface area contributed by atoms with Crippen molar-refractivity contribution in [3.05, 3.63) is 0 Å². The Morgan fingerprint density at radius 1 is 1.42 bits per heavy atom. The van der Waals surface area contributed by atoms with Crippen LogP contribution in [-0.2, 0) is 0 Å². The molecule has 0 amide bonds. The highest BCUT2D eigenvalue weighted by Gasteiger charge is 2.27. The van der Waals surface area contributed by atoms with Crippen molar-refractivity contribution in [2.45, 2.75) is 51.6 Å². The maximum atomic E-state index is 5.87. The Balaban J connectivity index is 2.10. The summed E-state index contributed by atoms with van der Waals surface area (Å²) in [6, 6.07) is 1.32. The van der Waals surface area contributed by atoms with E-state index in [1.54, 1.807) is 0 Å². The molecule has 2 N–H and O–H groups in total. The van der Waals surface area contributed by atoms with Crippen molar-refractivity contribution in [2.24, 2.45) is 5.73 Å². The zero-order chi connectivity index (χ0) is 8.97. The summed E-state index contributed by atoms with van der Waals surface area (Å²) in [4.78, 5) is 2.56. The summed E-state index contributed by atoms with van der Waals surface area (Å²) >= 11 is 0. The smallest absolute Gasteiger partial charge is 0.00963 e. The lowest BCUT2D eigenvalue weighted by Gasteiger charge is -2.21. The standard InChI is InChI=1S/C10H22N2/c1-3-9(11)7-8-12(4-2)10-5-6-10/h9-10H,3-8,11H2,1-2H3. The van der Waals surface area contributed by atoms with E-state index in [9.17, 15) is 0 Å². The summed E-state index contributed by atoms with van der Waals surface area (Å²) in [6.07, 6.45) is 5.10. The molecule has 1 aliphatic rings. The molecule has 0 bridgehead atoms. The predicted octanol–water partition coefficient (Wildman–Crippen LogP) is 1.60. The van der Waals surface area contributed by atoms with E-state index in [1.807, 2.05) is 0 Å². The van der Waals surface area contributed by atoms with Gasteiger partial charge in [0.05, 0.1) is 0 Å². The third-order valence-electron chi connectivity index (χ3n) is 2.78. The molecule has 0 spiro atoms. The summed E-state index contributed by atoms with van der Waals surface area (Å²) in [5.41, 5.74) is 5.87. The summed E-state index contributed by atoms with van der Waals surface area (Å²) < 4.78 is 0. The first kappa shape index (κ1) is 10.0. The second kappa shape index (κ2) is 4.83. The molecule has 1 saturated carbocycles. The Labute approximate surface area is 76.1 Å². The fourth-order valence-corrected chi connectivity index (χ4v) is 1.57. The fraction of sp³-hybridized carbons (Fsp3) is 1.00. The highest BCUT2D eigenvalue weighted by molar-refractivity contribution is 4.84. The van der Waals surface area contributed by atoms with Crippen LogP contribution in [0.25, 0.3) is 0 Å². The lowest BCUT2D eigenvalue weighted by molar-refractivity contribution is 0.265. The highest BCUT2D eigenvalue weighted by Crippen LogP contribution is 2.26. The average molecular weight is 170 g/mol. The minimum atomic E-state index is 0.415. The largest absolute Gasteiger partial charge is 0.328 e. The van der Waals surface area contributed by atoms with Gasteiger partial charge in [-0.15, -0.1) is 0 Å². The maximum Gasteiger partial charge on any atom is 0.00963 e. The monoisotopic (exact) mass is 170 g/mol. The summed E-state index contributed by atoms with van der Waals surface area (Å²) in [5.74, 6) is 0. The first-order valence-electron chi connectivity index (χ1n) is 5.27. The van der Waals surface area contributed by atoms with E-state index < -0.39 is 0 Å². The summed E-state index contributed by atoms with van der Waals surface area (Å²) in [6.45, 7) is 6.81. The lowest BCUT2D eigenvalue weighted by atomic mass is 10.1. The average Bonchev–Trinajstić information content (AvgIpc) is 2.89. The van der Waals surface area contributed by atoms with Gasteiger partial charge < -0.3 is 10.6 Å². The van der Waals surface area contributed by atoms with Crippen LogP contribution in [0.15, 0.2) is 0 Å². The highest BCUT2D eigenvalue weighted by atomic mass is 15.2. The van der Waals surface area contributed by atoms with Crippen molar-refractivity contribution in [1.29, 1.82) is 0 Å². The van der Waals surface area contributed by atoms with Gasteiger partial charge in [-0.05, 0) is 38.8 Å². The van der Waals surface area contributed by atoms with Crippen LogP contribution in [0, 0.1) is 0 Å². The molecule has 1 fully saturated rings. The van der Waals surface area contributed by atoms with Gasteiger partial charge in [0.2, 0.25) is 0 Å². The van der Waals surface area contributed by atoms with E-state index in [-0.39, 0.29) is 0 Å². The fourth-order valence-electron chi connectivity index (χ4n) is 1.57. The van der Waals surface area contributed by atoms with Crippen molar-refractivity contribution >= 4 is 0 Å². The van der Waals surface area contributed by atoms with Crippen molar-refractivity contribution in [2.75, 3.05) is 13.1 Å². The van der Waals surface area contributed by atoms with Crippen molar-refractivity contribution < 1.29 is 0 Å². The molecule has 0 aromatic rings. The number of rotatable bonds is 6. The molecule has 0 aromatic heterocycles. The minimum absolute atomic E-state index is 0.415. The van der Waals surface area contributed by atoms with Crippen LogP contribution >= 0.6 is 0 Å². The zero-order valence-electron chi connectivity index (χ0n) is 8.42. The Hall–Kier alpha value is -0.0800. The summed E-state index contributed by atoms with van der Waals surface area (Å²) in [5, 5.41) is 0. The third kappa shape index (κ3) is 3.11. The van der Waals surface area contributed by atoms with E-state index in [4.69, 9.17) is 5.73 Å². The topological polar surface area (TPSA) is 29.3 Å². The Morgan fingerprint density at radius 3 is 2.50 bits per heavy atom. The molecule has 1 rings (SSSR count). The number of nitrogens with two attached hydrogens (primary N) is 1. The zero-order valence-corrected chi connectivity index (χ0v) is 8.42. The van der Waals surface area contributed by atoms with Crippen molar-refractivity contribution in [3.63, 3.8) is 0 Å². The summed E-state index contributed by atoms with van der Waals surface area (Å²) in [7, 11) is 0. The van der Waals surface area contributed by atoms with Crippen molar-refractivity contribution in [1.82, 2.24) is 4.90 Å². The molecule has 0 heterocycles. The molecule has 72 valence electrons. The molecular weight excluding hydrogens is 148 g/mol. The van der Waals surface area contributed by atoms with Gasteiger partial charge in [-0.1, -0.05) is 13.8 Å². The Morgan fingerprint density at radius 2 is 2.08 bits per heavy atom. The molecule has 2 heteroatoms. The Kier molecular flexibility index (Phi) is 4.02. The van der Waals surface area contributed by atoms with Gasteiger partial charge in [0.1, 0.15) is 0 Å². The van der Waals surface area contributed by atoms with Gasteiger partial charge in [0, 0.05) is 12.1 Å². The van der Waals surface area contributed by atoms with Crippen LogP contribution in [0.4, 0.5) is 0 Å². The van der Waals surface area contributed by atoms with E-state index in [0.29, 0.717) is 6.04 Å². The molecule has 0 saturated heterocycles. The van der Waals surface area contributed by atoms with Gasteiger partial charge in [0.15, 0.2) is 0 Å². The van der Waals surface area contributed by atoms with Gasteiger partial charge in [-0.25, -0.2) is 0 Å². The first-order valence-corrected chi connectivity index (χ1v) is 5.27. The third-order valence-corrected chi connectivity index (χ3v) is 2.78. The van der Waals surface area contributed by atoms with Gasteiger partial charge in [-0.2, -0.15) is 0 Å². The first-order chi connectivity index (χ1) is 5.77. The van der Waals surface area contributed by atoms with Gasteiger partial charge in [-0.3, -0.25) is 0 Å². The molecule has 0 radical (unpaired) electrons. The van der Waals surface area contributed by atoms with Crippen molar-refractivity contribution in [3.8, 4) is 0 Å². The van der Waals surface area contributed by atoms with Crippen LogP contribution in [0.3, 0.4) is 0 Å². The predicted molar refractivity (Wildman–Crippen MR) is 53.2 cm³/mol. The van der Waals surface area contributed by atoms with Crippen LogP contribution in [0.5, 0.6) is 0 Å². The molecule has 2 nitrogen and oxygen atoms in total. The molecule has 0 aliphatic heterocycles. The van der Waals surface area contributed by atoms with Gasteiger partial charge in [0.25, 0.3) is 0 Å². The normalized spacial score (nSPS) is 20.0. The minimum Gasteiger partial charge on any atom is -0.328 e. The lowest BCUT2D eigenvalue weighted by Crippen LogP contribution is -2.31. The van der Waals surface area contributed by atoms with E-state index in [1.165, 1.54) is 32.4 Å². The van der Waals surface area contributed by atoms with Gasteiger partial charge >= 0.3 is 0 Å². The quantitative estimate of drug-likeness (QED) is 0.656. The van der Waals surface area contributed by atoms with Crippen LogP contribution in [-0.4, -0.2) is 30.1 Å². The molecule has 12 heavy (non-hydrogen) atoms. The molecule has 0 aromatic carbocycles. The number of hydrogen-bond acceptors (Lipinski definition) is 2. The molecular formula is C10H22N2. The van der Waals surface area contributed by atoms with E-state index in [0.717, 1.165) is 12.5 Å². The van der Waals surface area contributed by atoms with E-state index >= 15 is 0 Å². The van der Waals surface area contributed by atoms with E-state index in [2.05, 4.69) is 18.7 Å². The SMILES string of the molecule is CCC(N)CCN(CC)C1CC1. The molecule has 1 aliphatic carbocycles. The molecule has 1 atom stereocenters. The van der Waals surface area contributed by atoms with Crippen LogP contribution in [0.2, 0.25) is 0 Å². The second-order valence-electron chi connectivity index (χ2n) is 3.82.